The zero-order chi connectivity index (χ0) is 24.1. The highest BCUT2D eigenvalue weighted by molar-refractivity contribution is 7.89. The third-order valence-electron chi connectivity index (χ3n) is 4.59. The second-order valence-corrected chi connectivity index (χ2v) is 8.71. The van der Waals surface area contributed by atoms with Crippen LogP contribution in [0.1, 0.15) is 35.3 Å². The van der Waals surface area contributed by atoms with Crippen LogP contribution < -0.4 is 5.32 Å². The molecule has 0 fully saturated rings. The first-order valence-electron chi connectivity index (χ1n) is 9.65. The van der Waals surface area contributed by atoms with Gasteiger partial charge in [-0.25, -0.2) is 13.2 Å². The largest absolute Gasteiger partial charge is 0.452 e. The van der Waals surface area contributed by atoms with Crippen LogP contribution in [0.3, 0.4) is 0 Å². The van der Waals surface area contributed by atoms with E-state index in [0.717, 1.165) is 18.2 Å². The highest BCUT2D eigenvalue weighted by atomic mass is 32.2. The van der Waals surface area contributed by atoms with Gasteiger partial charge in [0.05, 0.1) is 16.0 Å². The second-order valence-electron chi connectivity index (χ2n) is 6.77. The van der Waals surface area contributed by atoms with Gasteiger partial charge in [-0.05, 0) is 42.8 Å². The molecule has 2 aromatic carbocycles. The summed E-state index contributed by atoms with van der Waals surface area (Å²) < 4.78 is 69.7. The quantitative estimate of drug-likeness (QED) is 0.590. The summed E-state index contributed by atoms with van der Waals surface area (Å²) in [4.78, 5) is 24.2. The van der Waals surface area contributed by atoms with Gasteiger partial charge in [-0.1, -0.05) is 26.0 Å². The normalized spacial score (nSPS) is 12.0. The second kappa shape index (κ2) is 10.1. The number of nitrogens with zero attached hydrogens (tertiary/aromatic N) is 1. The lowest BCUT2D eigenvalue weighted by Gasteiger charge is -2.19. The smallest absolute Gasteiger partial charge is 0.416 e. The Morgan fingerprint density at radius 2 is 1.72 bits per heavy atom. The Morgan fingerprint density at radius 1 is 1.06 bits per heavy atom. The molecular formula is C21H23F3N2O5S. The van der Waals surface area contributed by atoms with Gasteiger partial charge in [0.1, 0.15) is 0 Å². The Bertz CT molecular complexity index is 1100. The number of rotatable bonds is 8. The van der Waals surface area contributed by atoms with Crippen molar-refractivity contribution in [3.8, 4) is 0 Å². The molecule has 0 bridgehead atoms. The van der Waals surface area contributed by atoms with Gasteiger partial charge in [0.2, 0.25) is 10.0 Å². The Morgan fingerprint density at radius 3 is 2.31 bits per heavy atom. The fourth-order valence-corrected chi connectivity index (χ4v) is 4.32. The highest BCUT2D eigenvalue weighted by Crippen LogP contribution is 2.29. The summed E-state index contributed by atoms with van der Waals surface area (Å²) in [6, 6.07) is 7.89. The predicted molar refractivity (Wildman–Crippen MR) is 112 cm³/mol. The number of esters is 1. The van der Waals surface area contributed by atoms with E-state index in [1.807, 2.05) is 0 Å². The van der Waals surface area contributed by atoms with E-state index in [9.17, 15) is 31.2 Å². The van der Waals surface area contributed by atoms with Crippen LogP contribution in [0, 0.1) is 6.92 Å². The maximum atomic E-state index is 12.8. The Kier molecular flexibility index (Phi) is 8.02. The van der Waals surface area contributed by atoms with E-state index < -0.39 is 40.2 Å². The summed E-state index contributed by atoms with van der Waals surface area (Å²) in [6.45, 7) is 4.85. The summed E-state index contributed by atoms with van der Waals surface area (Å²) in [6.07, 6.45) is -4.62. The lowest BCUT2D eigenvalue weighted by atomic mass is 10.1. The molecule has 2 rings (SSSR count). The molecule has 0 spiro atoms. The van der Waals surface area contributed by atoms with E-state index in [2.05, 4.69) is 5.32 Å². The average molecular weight is 472 g/mol. The lowest BCUT2D eigenvalue weighted by Crippen LogP contribution is -2.30. The number of carbonyl (C=O) groups is 2. The Labute approximate surface area is 184 Å². The number of hydrogen-bond acceptors (Lipinski definition) is 5. The topological polar surface area (TPSA) is 92.8 Å². The summed E-state index contributed by atoms with van der Waals surface area (Å²) in [5.41, 5.74) is -0.589. The van der Waals surface area contributed by atoms with Crippen LogP contribution in [0.15, 0.2) is 47.4 Å². The number of amides is 1. The maximum absolute atomic E-state index is 12.8. The first kappa shape index (κ1) is 25.3. The van der Waals surface area contributed by atoms with Crippen LogP contribution in [0.25, 0.3) is 0 Å². The number of ether oxygens (including phenoxy) is 1. The van der Waals surface area contributed by atoms with Gasteiger partial charge >= 0.3 is 12.1 Å². The number of halogens is 3. The van der Waals surface area contributed by atoms with Crippen LogP contribution in [0.5, 0.6) is 0 Å². The first-order chi connectivity index (χ1) is 14.9. The molecular weight excluding hydrogens is 449 g/mol. The molecule has 32 heavy (non-hydrogen) atoms. The summed E-state index contributed by atoms with van der Waals surface area (Å²) in [5.74, 6) is -1.87. The minimum Gasteiger partial charge on any atom is -0.452 e. The predicted octanol–water partition coefficient (Wildman–Crippen LogP) is 3.84. The van der Waals surface area contributed by atoms with E-state index in [1.54, 1.807) is 20.8 Å². The Hall–Kier alpha value is -2.92. The van der Waals surface area contributed by atoms with E-state index in [0.29, 0.717) is 11.6 Å². The monoisotopic (exact) mass is 472 g/mol. The molecule has 0 aliphatic carbocycles. The van der Waals surface area contributed by atoms with E-state index in [4.69, 9.17) is 4.74 Å². The molecule has 0 heterocycles. The maximum Gasteiger partial charge on any atom is 0.416 e. The SMILES string of the molecule is CCN(CC)S(=O)(=O)c1ccc(C)c(NC(=O)COC(=O)c2cccc(C(F)(F)F)c2)c1. The molecule has 0 aliphatic rings. The van der Waals surface area contributed by atoms with E-state index in [1.165, 1.54) is 22.5 Å². The molecule has 0 atom stereocenters. The van der Waals surface area contributed by atoms with Gasteiger partial charge in [-0.3, -0.25) is 4.79 Å². The fourth-order valence-electron chi connectivity index (χ4n) is 2.83. The van der Waals surface area contributed by atoms with Crippen molar-refractivity contribution in [2.45, 2.75) is 31.8 Å². The molecule has 1 N–H and O–H groups in total. The molecule has 0 radical (unpaired) electrons. The van der Waals surface area contributed by atoms with Gasteiger partial charge < -0.3 is 10.1 Å². The number of hydrogen-bond donors (Lipinski definition) is 1. The zero-order valence-electron chi connectivity index (χ0n) is 17.7. The third-order valence-corrected chi connectivity index (χ3v) is 6.63. The molecule has 0 saturated carbocycles. The van der Waals surface area contributed by atoms with Crippen LogP contribution in [-0.4, -0.2) is 44.3 Å². The summed E-state index contributed by atoms with van der Waals surface area (Å²) in [7, 11) is -3.75. The highest BCUT2D eigenvalue weighted by Gasteiger charge is 2.31. The third kappa shape index (κ3) is 6.07. The molecule has 2 aromatic rings. The van der Waals surface area contributed by atoms with Crippen molar-refractivity contribution >= 4 is 27.6 Å². The number of aryl methyl sites for hydroxylation is 1. The zero-order valence-corrected chi connectivity index (χ0v) is 18.5. The average Bonchev–Trinajstić information content (AvgIpc) is 2.73. The van der Waals surface area contributed by atoms with Crippen molar-refractivity contribution in [2.75, 3.05) is 25.0 Å². The van der Waals surface area contributed by atoms with Gasteiger partial charge in [0.15, 0.2) is 6.61 Å². The lowest BCUT2D eigenvalue weighted by molar-refractivity contribution is -0.137. The van der Waals surface area contributed by atoms with Crippen molar-refractivity contribution in [2.24, 2.45) is 0 Å². The van der Waals surface area contributed by atoms with Crippen LogP contribution in [0.4, 0.5) is 18.9 Å². The number of carbonyl (C=O) groups excluding carboxylic acids is 2. The summed E-state index contributed by atoms with van der Waals surface area (Å²) in [5, 5.41) is 2.46. The minimum absolute atomic E-state index is 0.0111. The van der Waals surface area contributed by atoms with Crippen LogP contribution in [0.2, 0.25) is 0 Å². The molecule has 0 saturated heterocycles. The molecule has 0 aromatic heterocycles. The van der Waals surface area contributed by atoms with E-state index >= 15 is 0 Å². The van der Waals surface area contributed by atoms with Crippen molar-refractivity contribution in [3.63, 3.8) is 0 Å². The van der Waals surface area contributed by atoms with Gasteiger partial charge in [-0.2, -0.15) is 17.5 Å². The first-order valence-corrected chi connectivity index (χ1v) is 11.1. The standard InChI is InChI=1S/C21H23F3N2O5S/c1-4-26(5-2)32(29,30)17-10-9-14(3)18(12-17)25-19(27)13-31-20(28)15-7-6-8-16(11-15)21(22,23)24/h6-12H,4-5,13H2,1-3H3,(H,25,27). The van der Waals surface area contributed by atoms with Crippen molar-refractivity contribution in [1.82, 2.24) is 4.31 Å². The number of anilines is 1. The van der Waals surface area contributed by atoms with Crippen LogP contribution >= 0.6 is 0 Å². The van der Waals surface area contributed by atoms with Gasteiger partial charge in [0.25, 0.3) is 5.91 Å². The number of benzene rings is 2. The molecule has 0 unspecified atom stereocenters. The molecule has 0 aliphatic heterocycles. The van der Waals surface area contributed by atoms with Gasteiger partial charge in [0, 0.05) is 18.8 Å². The summed E-state index contributed by atoms with van der Waals surface area (Å²) >= 11 is 0. The molecule has 1 amide bonds. The molecule has 174 valence electrons. The number of alkyl halides is 3. The van der Waals surface area contributed by atoms with E-state index in [-0.39, 0.29) is 29.2 Å². The van der Waals surface area contributed by atoms with Crippen molar-refractivity contribution in [1.29, 1.82) is 0 Å². The van der Waals surface area contributed by atoms with Crippen molar-refractivity contribution < 1.29 is 35.9 Å². The molecule has 11 heteroatoms. The number of nitrogens with one attached hydrogen (secondary N) is 1. The van der Waals surface area contributed by atoms with Crippen molar-refractivity contribution in [3.05, 3.63) is 59.2 Å². The fraction of sp³-hybridized carbons (Fsp3) is 0.333. The Balaban J connectivity index is 2.10. The molecule has 7 nitrogen and oxygen atoms in total. The van der Waals surface area contributed by atoms with Gasteiger partial charge in [-0.15, -0.1) is 0 Å². The minimum atomic E-state index is -4.62. The van der Waals surface area contributed by atoms with Crippen LogP contribution in [-0.2, 0) is 25.7 Å². The number of sulfonamides is 1.